The first-order valence-corrected chi connectivity index (χ1v) is 16.2. The van der Waals surface area contributed by atoms with Gasteiger partial charge in [0.15, 0.2) is 27.8 Å². The van der Waals surface area contributed by atoms with Crippen molar-refractivity contribution in [2.45, 2.75) is 33.4 Å². The van der Waals surface area contributed by atoms with Crippen LogP contribution in [0.3, 0.4) is 0 Å². The summed E-state index contributed by atoms with van der Waals surface area (Å²) in [4.78, 5) is 31.8. The lowest BCUT2D eigenvalue weighted by atomic mass is 9.97. The van der Waals surface area contributed by atoms with Crippen LogP contribution in [-0.4, -0.2) is 38.0 Å². The maximum absolute atomic E-state index is 14.0. The van der Waals surface area contributed by atoms with Gasteiger partial charge in [0.25, 0.3) is 5.56 Å². The highest BCUT2D eigenvalue weighted by molar-refractivity contribution is 14.1. The van der Waals surface area contributed by atoms with Crippen LogP contribution in [0.1, 0.15) is 42.1 Å². The molecule has 5 rings (SSSR count). The summed E-state index contributed by atoms with van der Waals surface area (Å²) < 4.78 is 31.3. The molecule has 0 unspecified atom stereocenters. The average Bonchev–Trinajstić information content (AvgIpc) is 3.35. The van der Waals surface area contributed by atoms with Gasteiger partial charge in [-0.3, -0.25) is 9.36 Å². The number of carbonyl (C=O) groups excluding carboxylic acids is 1. The highest BCUT2D eigenvalue weighted by Crippen LogP contribution is 2.36. The van der Waals surface area contributed by atoms with E-state index in [-0.39, 0.29) is 11.1 Å². The standard InChI is InChI=1S/C34H33IN2O7S/c1-6-42-26-13-12-23(17-27(26)43-7-2)30-24(33(39)41-5)18-36-34-37(30)32(38)29(45-34)16-22-14-25(35)31(28(15-22)40-4)44-19-21-10-8-20(3)9-11-21/h8-18,30H,6-7,19H2,1-5H3/b29-16-/t30-/m0/s1. The van der Waals surface area contributed by atoms with Crippen LogP contribution in [0.5, 0.6) is 23.0 Å². The van der Waals surface area contributed by atoms with Crippen LogP contribution >= 0.6 is 33.9 Å². The molecule has 0 amide bonds. The quantitative estimate of drug-likeness (QED) is 0.152. The summed E-state index contributed by atoms with van der Waals surface area (Å²) in [7, 11) is 2.89. The van der Waals surface area contributed by atoms with Crippen LogP contribution < -0.4 is 33.8 Å². The molecule has 45 heavy (non-hydrogen) atoms. The number of aromatic nitrogens is 1. The number of thiazole rings is 1. The second kappa shape index (κ2) is 14.3. The van der Waals surface area contributed by atoms with Crippen LogP contribution in [0, 0.1) is 10.5 Å². The Balaban J connectivity index is 1.56. The zero-order valence-corrected chi connectivity index (χ0v) is 28.6. The van der Waals surface area contributed by atoms with Crippen molar-refractivity contribution < 1.29 is 28.5 Å². The molecule has 2 heterocycles. The number of ether oxygens (including phenoxy) is 5. The lowest BCUT2D eigenvalue weighted by Crippen LogP contribution is -2.39. The topological polar surface area (TPSA) is 97.6 Å². The van der Waals surface area contributed by atoms with Crippen LogP contribution in [0.4, 0.5) is 0 Å². The van der Waals surface area contributed by atoms with E-state index in [2.05, 4.69) is 27.6 Å². The minimum Gasteiger partial charge on any atom is -0.493 e. The first-order valence-electron chi connectivity index (χ1n) is 14.3. The molecule has 0 fully saturated rings. The zero-order chi connectivity index (χ0) is 32.1. The molecule has 4 aromatic rings. The summed E-state index contributed by atoms with van der Waals surface area (Å²) in [6, 6.07) is 16.6. The predicted molar refractivity (Wildman–Crippen MR) is 181 cm³/mol. The van der Waals surface area contributed by atoms with E-state index in [9.17, 15) is 9.59 Å². The van der Waals surface area contributed by atoms with Gasteiger partial charge in [-0.1, -0.05) is 47.2 Å². The SMILES string of the molecule is CCOc1ccc([C@H]2C(C(=O)OC)=CN=c3s/c(=C\c4cc(I)c(OCc5ccc(C)cc5)c(OC)c4)c(=O)n32)cc1OCC. The number of fused-ring (bicyclic) bond motifs is 1. The Morgan fingerprint density at radius 1 is 0.978 bits per heavy atom. The van der Waals surface area contributed by atoms with Crippen molar-refractivity contribution in [3.05, 3.63) is 112 Å². The summed E-state index contributed by atoms with van der Waals surface area (Å²) in [6.45, 7) is 7.09. The molecule has 1 aromatic heterocycles. The van der Waals surface area contributed by atoms with Gasteiger partial charge in [-0.05, 0) is 90.4 Å². The number of benzene rings is 3. The minimum absolute atomic E-state index is 0.231. The number of hydrogen-bond donors (Lipinski definition) is 0. The predicted octanol–water partition coefficient (Wildman–Crippen LogP) is 5.32. The Kier molecular flexibility index (Phi) is 10.3. The number of esters is 1. The third-order valence-electron chi connectivity index (χ3n) is 7.06. The second-order valence-electron chi connectivity index (χ2n) is 10.1. The summed E-state index contributed by atoms with van der Waals surface area (Å²) >= 11 is 3.44. The van der Waals surface area contributed by atoms with E-state index in [1.165, 1.54) is 34.8 Å². The van der Waals surface area contributed by atoms with Gasteiger partial charge in [0, 0.05) is 6.20 Å². The Morgan fingerprint density at radius 2 is 1.71 bits per heavy atom. The average molecular weight is 741 g/mol. The molecular formula is C34H33IN2O7S. The summed E-state index contributed by atoms with van der Waals surface area (Å²) in [5.74, 6) is 1.70. The third kappa shape index (κ3) is 6.94. The van der Waals surface area contributed by atoms with Gasteiger partial charge in [0.1, 0.15) is 6.61 Å². The molecular weight excluding hydrogens is 707 g/mol. The molecule has 11 heteroatoms. The fourth-order valence-electron chi connectivity index (χ4n) is 4.94. The van der Waals surface area contributed by atoms with Gasteiger partial charge in [-0.15, -0.1) is 0 Å². The van der Waals surface area contributed by atoms with Crippen LogP contribution in [0.15, 0.2) is 76.2 Å². The number of rotatable bonds is 11. The smallest absolute Gasteiger partial charge is 0.337 e. The van der Waals surface area contributed by atoms with Crippen LogP contribution in [0.25, 0.3) is 6.08 Å². The monoisotopic (exact) mass is 740 g/mol. The Morgan fingerprint density at radius 3 is 2.40 bits per heavy atom. The molecule has 0 saturated carbocycles. The Hall–Kier alpha value is -4.10. The molecule has 234 valence electrons. The fourth-order valence-corrected chi connectivity index (χ4v) is 6.69. The molecule has 0 spiro atoms. The molecule has 0 radical (unpaired) electrons. The summed E-state index contributed by atoms with van der Waals surface area (Å²) in [5, 5.41) is 0. The number of carbonyl (C=O) groups is 1. The maximum atomic E-state index is 14.0. The normalized spacial score (nSPS) is 14.2. The summed E-state index contributed by atoms with van der Waals surface area (Å²) in [5.41, 5.74) is 3.58. The molecule has 0 N–H and O–H groups in total. The summed E-state index contributed by atoms with van der Waals surface area (Å²) in [6.07, 6.45) is 3.26. The van der Waals surface area contributed by atoms with E-state index < -0.39 is 12.0 Å². The van der Waals surface area contributed by atoms with E-state index in [0.29, 0.717) is 57.7 Å². The molecule has 0 aliphatic carbocycles. The van der Waals surface area contributed by atoms with Crippen molar-refractivity contribution >= 4 is 46.0 Å². The number of methoxy groups -OCH3 is 2. The van der Waals surface area contributed by atoms with E-state index >= 15 is 0 Å². The molecule has 1 aliphatic heterocycles. The fraction of sp³-hybridized carbons (Fsp3) is 0.265. The number of hydrogen-bond acceptors (Lipinski definition) is 9. The number of halogens is 1. The third-order valence-corrected chi connectivity index (χ3v) is 8.86. The van der Waals surface area contributed by atoms with Crippen molar-refractivity contribution in [1.29, 1.82) is 0 Å². The molecule has 9 nitrogen and oxygen atoms in total. The van der Waals surface area contributed by atoms with E-state index in [0.717, 1.165) is 14.7 Å². The molecule has 0 bridgehead atoms. The highest BCUT2D eigenvalue weighted by atomic mass is 127. The maximum Gasteiger partial charge on any atom is 0.337 e. The lowest BCUT2D eigenvalue weighted by Gasteiger charge is -2.23. The molecule has 0 saturated heterocycles. The lowest BCUT2D eigenvalue weighted by molar-refractivity contribution is -0.136. The largest absolute Gasteiger partial charge is 0.493 e. The van der Waals surface area contributed by atoms with E-state index in [4.69, 9.17) is 23.7 Å². The van der Waals surface area contributed by atoms with Crippen molar-refractivity contribution in [1.82, 2.24) is 4.57 Å². The van der Waals surface area contributed by atoms with Crippen molar-refractivity contribution in [3.63, 3.8) is 0 Å². The van der Waals surface area contributed by atoms with Crippen molar-refractivity contribution in [2.24, 2.45) is 4.99 Å². The molecule has 1 aliphatic rings. The van der Waals surface area contributed by atoms with Gasteiger partial charge >= 0.3 is 5.97 Å². The van der Waals surface area contributed by atoms with Gasteiger partial charge in [0.05, 0.1) is 47.2 Å². The molecule has 3 aromatic carbocycles. The van der Waals surface area contributed by atoms with Gasteiger partial charge < -0.3 is 23.7 Å². The van der Waals surface area contributed by atoms with Crippen molar-refractivity contribution in [2.75, 3.05) is 27.4 Å². The number of nitrogens with zero attached hydrogens (tertiary/aromatic N) is 2. The molecule has 1 atom stereocenters. The van der Waals surface area contributed by atoms with Gasteiger partial charge in [-0.2, -0.15) is 0 Å². The Labute approximate surface area is 278 Å². The van der Waals surface area contributed by atoms with E-state index in [1.54, 1.807) is 25.3 Å². The van der Waals surface area contributed by atoms with Gasteiger partial charge in [0.2, 0.25) is 0 Å². The Bertz CT molecular complexity index is 1930. The number of aryl methyl sites for hydroxylation is 1. The van der Waals surface area contributed by atoms with Gasteiger partial charge in [-0.25, -0.2) is 9.79 Å². The van der Waals surface area contributed by atoms with Crippen LogP contribution in [0.2, 0.25) is 0 Å². The van der Waals surface area contributed by atoms with E-state index in [1.807, 2.05) is 63.2 Å². The minimum atomic E-state index is -0.780. The first kappa shape index (κ1) is 32.3. The zero-order valence-electron chi connectivity index (χ0n) is 25.6. The second-order valence-corrected chi connectivity index (χ2v) is 12.2. The van der Waals surface area contributed by atoms with Crippen LogP contribution in [-0.2, 0) is 16.1 Å². The first-order chi connectivity index (χ1) is 21.8. The highest BCUT2D eigenvalue weighted by Gasteiger charge is 2.31. The van der Waals surface area contributed by atoms with Crippen molar-refractivity contribution in [3.8, 4) is 23.0 Å².